The maximum absolute atomic E-state index is 14.3. The summed E-state index contributed by atoms with van der Waals surface area (Å²) in [6.07, 6.45) is 5.31. The van der Waals surface area contributed by atoms with Crippen molar-refractivity contribution in [1.29, 1.82) is 5.26 Å². The van der Waals surface area contributed by atoms with E-state index in [0.29, 0.717) is 12.1 Å². The van der Waals surface area contributed by atoms with Gasteiger partial charge >= 0.3 is 0 Å². The van der Waals surface area contributed by atoms with Crippen LogP contribution in [-0.4, -0.2) is 64.1 Å². The zero-order valence-corrected chi connectivity index (χ0v) is 18.1. The molecule has 1 aromatic heterocycles. The quantitative estimate of drug-likeness (QED) is 0.762. The molecule has 1 aliphatic carbocycles. The number of nitrogens with one attached hydrogen (secondary N) is 2. The Bertz CT molecular complexity index is 990. The molecule has 1 unspecified atom stereocenters. The molecule has 0 spiro atoms. The number of fused-ring (bicyclic) bond motifs is 1. The zero-order valence-electron chi connectivity index (χ0n) is 18.1. The van der Waals surface area contributed by atoms with Crippen LogP contribution in [0.4, 0.5) is 10.2 Å². The minimum Gasteiger partial charge on any atom is -0.367 e. The number of nitrogens with zero attached hydrogens (tertiary/aromatic N) is 4. The molecule has 2 fully saturated rings. The lowest BCUT2D eigenvalue weighted by Gasteiger charge is -2.44. The van der Waals surface area contributed by atoms with Gasteiger partial charge in [0.1, 0.15) is 12.1 Å². The summed E-state index contributed by atoms with van der Waals surface area (Å²) in [5.74, 6) is 0.417. The lowest BCUT2D eigenvalue weighted by Crippen LogP contribution is -2.61. The number of carbonyl (C=O) groups excluding carboxylic acids is 1. The number of nitriles is 1. The molecule has 0 bridgehead atoms. The molecule has 1 saturated heterocycles. The summed E-state index contributed by atoms with van der Waals surface area (Å²) in [6, 6.07) is 7.72. The van der Waals surface area contributed by atoms with Crippen LogP contribution in [0.25, 0.3) is 10.9 Å². The smallest absolute Gasteiger partial charge is 0.187 e. The highest BCUT2D eigenvalue weighted by Crippen LogP contribution is 2.30. The Labute approximate surface area is 182 Å². The normalized spacial score (nSPS) is 25.2. The number of benzene rings is 1. The molecule has 2 aromatic rings. The number of hydrogen-bond donors (Lipinski definition) is 2. The van der Waals surface area contributed by atoms with E-state index < -0.39 is 11.7 Å². The van der Waals surface area contributed by atoms with Crippen LogP contribution < -0.4 is 10.6 Å². The van der Waals surface area contributed by atoms with Crippen molar-refractivity contribution in [3.63, 3.8) is 0 Å². The molecule has 1 aliphatic heterocycles. The summed E-state index contributed by atoms with van der Waals surface area (Å²) >= 11 is 0. The van der Waals surface area contributed by atoms with Crippen LogP contribution in [-0.2, 0) is 4.79 Å². The number of aromatic nitrogens is 2. The van der Waals surface area contributed by atoms with E-state index in [0.717, 1.165) is 55.5 Å². The first-order valence-corrected chi connectivity index (χ1v) is 11.0. The summed E-state index contributed by atoms with van der Waals surface area (Å²) < 4.78 is 14.3. The number of ketones is 1. The number of alkyl halides is 1. The lowest BCUT2D eigenvalue weighted by atomic mass is 9.87. The van der Waals surface area contributed by atoms with Crippen LogP contribution in [0.1, 0.15) is 45.1 Å². The van der Waals surface area contributed by atoms with Crippen molar-refractivity contribution in [3.8, 4) is 6.07 Å². The molecule has 164 valence electrons. The van der Waals surface area contributed by atoms with E-state index >= 15 is 0 Å². The maximum atomic E-state index is 14.3. The van der Waals surface area contributed by atoms with Crippen molar-refractivity contribution in [2.24, 2.45) is 0 Å². The summed E-state index contributed by atoms with van der Waals surface area (Å²) in [7, 11) is 0. The van der Waals surface area contributed by atoms with Crippen molar-refractivity contribution >= 4 is 22.5 Å². The molecule has 1 aromatic carbocycles. The van der Waals surface area contributed by atoms with Gasteiger partial charge in [-0.2, -0.15) is 5.26 Å². The lowest BCUT2D eigenvalue weighted by molar-refractivity contribution is -0.136. The number of piperazine rings is 1. The molecule has 1 atom stereocenters. The van der Waals surface area contributed by atoms with E-state index in [1.807, 2.05) is 12.1 Å². The number of anilines is 1. The highest BCUT2D eigenvalue weighted by molar-refractivity contribution is 5.91. The predicted octanol–water partition coefficient (Wildman–Crippen LogP) is 2.82. The summed E-state index contributed by atoms with van der Waals surface area (Å²) in [4.78, 5) is 23.6. The number of rotatable bonds is 5. The topological polar surface area (TPSA) is 93.9 Å². The zero-order chi connectivity index (χ0) is 22.0. The molecule has 2 aliphatic rings. The second-order valence-corrected chi connectivity index (χ2v) is 9.01. The predicted molar refractivity (Wildman–Crippen MR) is 117 cm³/mol. The molecule has 4 rings (SSSR count). The SMILES string of the molecule is CC(C)(F)C(=O)C1CNCCN1[C@H]1CC[C@H](Nc2ncnc3ccc(C#N)cc23)CC1. The minimum atomic E-state index is -1.82. The highest BCUT2D eigenvalue weighted by Gasteiger charge is 2.41. The van der Waals surface area contributed by atoms with Gasteiger partial charge < -0.3 is 10.6 Å². The fourth-order valence-electron chi connectivity index (χ4n) is 4.78. The van der Waals surface area contributed by atoms with Gasteiger partial charge in [0.05, 0.1) is 23.2 Å². The molecule has 1 saturated carbocycles. The molecule has 8 heteroatoms. The van der Waals surface area contributed by atoms with Crippen molar-refractivity contribution in [2.45, 2.75) is 63.3 Å². The van der Waals surface area contributed by atoms with E-state index in [1.54, 1.807) is 6.07 Å². The van der Waals surface area contributed by atoms with Gasteiger partial charge in [-0.1, -0.05) is 0 Å². The van der Waals surface area contributed by atoms with Gasteiger partial charge in [-0.3, -0.25) is 9.69 Å². The second kappa shape index (κ2) is 8.85. The van der Waals surface area contributed by atoms with Crippen molar-refractivity contribution in [3.05, 3.63) is 30.1 Å². The van der Waals surface area contributed by atoms with E-state index in [2.05, 4.69) is 31.6 Å². The monoisotopic (exact) mass is 424 g/mol. The minimum absolute atomic E-state index is 0.259. The number of Topliss-reactive ketones (excluding diaryl/α,β-unsaturated/α-hetero) is 1. The largest absolute Gasteiger partial charge is 0.367 e. The van der Waals surface area contributed by atoms with Gasteiger partial charge in [-0.25, -0.2) is 14.4 Å². The Morgan fingerprint density at radius 2 is 2.06 bits per heavy atom. The van der Waals surface area contributed by atoms with Crippen LogP contribution in [0.5, 0.6) is 0 Å². The maximum Gasteiger partial charge on any atom is 0.187 e. The van der Waals surface area contributed by atoms with E-state index in [9.17, 15) is 14.4 Å². The third-order valence-corrected chi connectivity index (χ3v) is 6.44. The Balaban J connectivity index is 1.43. The van der Waals surface area contributed by atoms with Gasteiger partial charge in [0.2, 0.25) is 0 Å². The van der Waals surface area contributed by atoms with Crippen molar-refractivity contribution < 1.29 is 9.18 Å². The Morgan fingerprint density at radius 1 is 1.29 bits per heavy atom. The number of halogens is 1. The molecule has 2 heterocycles. The average molecular weight is 425 g/mol. The van der Waals surface area contributed by atoms with Crippen LogP contribution in [0.3, 0.4) is 0 Å². The van der Waals surface area contributed by atoms with Crippen LogP contribution in [0.15, 0.2) is 24.5 Å². The summed E-state index contributed by atoms with van der Waals surface area (Å²) in [6.45, 7) is 4.81. The van der Waals surface area contributed by atoms with Crippen LogP contribution >= 0.6 is 0 Å². The molecule has 7 nitrogen and oxygen atoms in total. The Morgan fingerprint density at radius 3 is 2.77 bits per heavy atom. The molecular formula is C23H29FN6O. The third kappa shape index (κ3) is 4.68. The fourth-order valence-corrected chi connectivity index (χ4v) is 4.78. The average Bonchev–Trinajstić information content (AvgIpc) is 2.78. The first kappa shape index (κ1) is 21.6. The van der Waals surface area contributed by atoms with Gasteiger partial charge in [0.25, 0.3) is 0 Å². The Hall–Kier alpha value is -2.63. The first-order chi connectivity index (χ1) is 14.9. The van der Waals surface area contributed by atoms with Gasteiger partial charge in [-0.15, -0.1) is 0 Å². The van der Waals surface area contributed by atoms with E-state index in [1.165, 1.54) is 20.2 Å². The molecule has 0 radical (unpaired) electrons. The third-order valence-electron chi connectivity index (χ3n) is 6.44. The van der Waals surface area contributed by atoms with Gasteiger partial charge in [0.15, 0.2) is 11.5 Å². The second-order valence-electron chi connectivity index (χ2n) is 9.01. The van der Waals surface area contributed by atoms with Crippen molar-refractivity contribution in [2.75, 3.05) is 25.0 Å². The molecule has 31 heavy (non-hydrogen) atoms. The molecular weight excluding hydrogens is 395 g/mol. The Kier molecular flexibility index (Phi) is 6.17. The summed E-state index contributed by atoms with van der Waals surface area (Å²) in [5.41, 5.74) is -0.433. The summed E-state index contributed by atoms with van der Waals surface area (Å²) in [5, 5.41) is 16.8. The number of carbonyl (C=O) groups is 1. The van der Waals surface area contributed by atoms with E-state index in [-0.39, 0.29) is 17.9 Å². The van der Waals surface area contributed by atoms with Crippen LogP contribution in [0, 0.1) is 11.3 Å². The van der Waals surface area contributed by atoms with Crippen LogP contribution in [0.2, 0.25) is 0 Å². The van der Waals surface area contributed by atoms with Crippen molar-refractivity contribution in [1.82, 2.24) is 20.2 Å². The molecule has 0 amide bonds. The van der Waals surface area contributed by atoms with E-state index in [4.69, 9.17) is 0 Å². The van der Waals surface area contributed by atoms with Gasteiger partial charge in [0, 0.05) is 37.1 Å². The molecule has 2 N–H and O–H groups in total. The number of hydrogen-bond acceptors (Lipinski definition) is 7. The van der Waals surface area contributed by atoms with Gasteiger partial charge in [-0.05, 0) is 57.7 Å². The standard InChI is InChI=1S/C23H29FN6O/c1-23(2,24)21(31)20-13-26-9-10-30(20)17-6-4-16(5-7-17)29-22-18-11-15(12-25)3-8-19(18)27-14-28-22/h3,8,11,14,16-17,20,26H,4-7,9-10,13H2,1-2H3,(H,27,28,29)/t16-,17-,20?. The highest BCUT2D eigenvalue weighted by atomic mass is 19.1. The first-order valence-electron chi connectivity index (χ1n) is 11.0. The fraction of sp³-hybridized carbons (Fsp3) is 0.565.